The van der Waals surface area contributed by atoms with Crippen molar-refractivity contribution in [3.05, 3.63) is 83.7 Å². The number of hydrogen-bond donors (Lipinski definition) is 4. The van der Waals surface area contributed by atoms with Crippen molar-refractivity contribution < 1.29 is 9.90 Å². The standard InChI is InChI=1S/C23H24N4O2S/c24-30(25,18-7-2-1-3-8-18)19-9-10-20-16(13-19)5-4-6-17(20)14-27-22-15-26-12-11-21(22)23(28)29/h1-3,7-13,15,17,24-25,27H,4-6,14H2,(H,28,29)/t17-/m1/s1. The molecule has 4 rings (SSSR count). The topological polar surface area (TPSA) is 110 Å². The first-order valence-electron chi connectivity index (χ1n) is 9.88. The highest BCUT2D eigenvalue weighted by molar-refractivity contribution is 7.93. The van der Waals surface area contributed by atoms with Crippen LogP contribution in [0.3, 0.4) is 0 Å². The monoisotopic (exact) mass is 420 g/mol. The van der Waals surface area contributed by atoms with Gasteiger partial charge in [-0.3, -0.25) is 14.5 Å². The summed E-state index contributed by atoms with van der Waals surface area (Å²) in [4.78, 5) is 16.9. The minimum absolute atomic E-state index is 0.219. The lowest BCUT2D eigenvalue weighted by molar-refractivity contribution is 0.0697. The van der Waals surface area contributed by atoms with Gasteiger partial charge in [0.15, 0.2) is 0 Å². The molecule has 1 aliphatic carbocycles. The van der Waals surface area contributed by atoms with Crippen LogP contribution in [0, 0.1) is 9.56 Å². The van der Waals surface area contributed by atoms with Crippen molar-refractivity contribution >= 4 is 21.3 Å². The summed E-state index contributed by atoms with van der Waals surface area (Å²) in [5, 5.41) is 12.6. The van der Waals surface area contributed by atoms with Crippen LogP contribution in [0.2, 0.25) is 0 Å². The van der Waals surface area contributed by atoms with Crippen LogP contribution in [-0.4, -0.2) is 22.6 Å². The van der Waals surface area contributed by atoms with E-state index in [1.54, 1.807) is 6.20 Å². The van der Waals surface area contributed by atoms with Gasteiger partial charge in [-0.2, -0.15) is 0 Å². The summed E-state index contributed by atoms with van der Waals surface area (Å²) in [5.41, 5.74) is 3.17. The van der Waals surface area contributed by atoms with E-state index in [1.165, 1.54) is 23.4 Å². The van der Waals surface area contributed by atoms with E-state index >= 15 is 0 Å². The predicted molar refractivity (Wildman–Crippen MR) is 118 cm³/mol. The molecule has 1 atom stereocenters. The van der Waals surface area contributed by atoms with Gasteiger partial charge in [-0.1, -0.05) is 24.3 Å². The molecule has 0 amide bonds. The number of pyridine rings is 1. The SMILES string of the molecule is N=S(=N)(c1ccccc1)c1ccc2c(c1)CCC[C@@H]2CNc1cnccc1C(=O)O. The van der Waals surface area contributed by atoms with Gasteiger partial charge in [0.05, 0.1) is 17.4 Å². The van der Waals surface area contributed by atoms with Crippen LogP contribution < -0.4 is 5.32 Å². The number of fused-ring (bicyclic) bond motifs is 1. The van der Waals surface area contributed by atoms with Gasteiger partial charge in [-0.05, 0) is 70.3 Å². The lowest BCUT2D eigenvalue weighted by atomic mass is 9.83. The van der Waals surface area contributed by atoms with Crippen molar-refractivity contribution in [3.63, 3.8) is 0 Å². The number of aromatic nitrogens is 1. The molecule has 1 aromatic heterocycles. The third kappa shape index (κ3) is 3.93. The van der Waals surface area contributed by atoms with Crippen LogP contribution in [0.25, 0.3) is 0 Å². The molecule has 0 fully saturated rings. The van der Waals surface area contributed by atoms with E-state index in [1.807, 2.05) is 42.5 Å². The summed E-state index contributed by atoms with van der Waals surface area (Å²) in [6, 6.07) is 16.9. The van der Waals surface area contributed by atoms with E-state index in [2.05, 4.69) is 16.4 Å². The van der Waals surface area contributed by atoms with E-state index in [-0.39, 0.29) is 11.5 Å². The summed E-state index contributed by atoms with van der Waals surface area (Å²) in [5.74, 6) is -0.720. The fourth-order valence-electron chi connectivity index (χ4n) is 4.01. The van der Waals surface area contributed by atoms with E-state index in [4.69, 9.17) is 9.56 Å². The van der Waals surface area contributed by atoms with Gasteiger partial charge in [0.2, 0.25) is 0 Å². The summed E-state index contributed by atoms with van der Waals surface area (Å²) in [6.45, 7) is 0.622. The Morgan fingerprint density at radius 1 is 1.13 bits per heavy atom. The first-order valence-corrected chi connectivity index (χ1v) is 11.5. The summed E-state index contributed by atoms with van der Waals surface area (Å²) >= 11 is 0. The maximum atomic E-state index is 11.4. The van der Waals surface area contributed by atoms with E-state index in [0.717, 1.165) is 29.1 Å². The second kappa shape index (κ2) is 8.28. The molecule has 0 unspecified atom stereocenters. The molecule has 154 valence electrons. The Morgan fingerprint density at radius 3 is 2.70 bits per heavy atom. The van der Waals surface area contributed by atoms with Gasteiger partial charge >= 0.3 is 5.97 Å². The van der Waals surface area contributed by atoms with Crippen LogP contribution >= 0.6 is 0 Å². The zero-order chi connectivity index (χ0) is 21.1. The molecule has 0 spiro atoms. The molecule has 2 aromatic carbocycles. The molecule has 1 aliphatic rings. The Labute approximate surface area is 176 Å². The Hall–Kier alpha value is -3.19. The normalized spacial score (nSPS) is 15.9. The number of anilines is 1. The molecular weight excluding hydrogens is 396 g/mol. The van der Waals surface area contributed by atoms with E-state index < -0.39 is 15.6 Å². The zero-order valence-corrected chi connectivity index (χ0v) is 17.3. The predicted octanol–water partition coefficient (Wildman–Crippen LogP) is 5.41. The average Bonchev–Trinajstić information content (AvgIpc) is 2.78. The molecule has 3 aromatic rings. The smallest absolute Gasteiger partial charge is 0.337 e. The average molecular weight is 421 g/mol. The molecule has 0 aliphatic heterocycles. The number of hydrogen-bond acceptors (Lipinski definition) is 5. The molecule has 0 bridgehead atoms. The van der Waals surface area contributed by atoms with Gasteiger partial charge in [0, 0.05) is 28.5 Å². The van der Waals surface area contributed by atoms with Crippen molar-refractivity contribution in [2.24, 2.45) is 0 Å². The lowest BCUT2D eigenvalue weighted by Gasteiger charge is -2.27. The molecule has 0 saturated heterocycles. The third-order valence-electron chi connectivity index (χ3n) is 5.59. The number of carboxylic acids is 1. The second-order valence-corrected chi connectivity index (χ2v) is 9.65. The molecule has 6 nitrogen and oxygen atoms in total. The van der Waals surface area contributed by atoms with Crippen LogP contribution in [0.5, 0.6) is 0 Å². The lowest BCUT2D eigenvalue weighted by Crippen LogP contribution is -2.19. The van der Waals surface area contributed by atoms with Crippen molar-refractivity contribution in [3.8, 4) is 0 Å². The second-order valence-electron chi connectivity index (χ2n) is 7.48. The highest BCUT2D eigenvalue weighted by Gasteiger charge is 2.22. The number of carbonyl (C=O) groups is 1. The van der Waals surface area contributed by atoms with Gasteiger partial charge < -0.3 is 10.4 Å². The maximum absolute atomic E-state index is 11.4. The Bertz CT molecular complexity index is 1180. The van der Waals surface area contributed by atoms with Gasteiger partial charge in [-0.15, -0.1) is 0 Å². The third-order valence-corrected chi connectivity index (χ3v) is 7.53. The molecule has 1 heterocycles. The van der Waals surface area contributed by atoms with Crippen molar-refractivity contribution in [1.29, 1.82) is 9.56 Å². The quantitative estimate of drug-likeness (QED) is 0.427. The summed E-state index contributed by atoms with van der Waals surface area (Å²) < 4.78 is 17.4. The fourth-order valence-corrected chi connectivity index (χ4v) is 5.44. The zero-order valence-electron chi connectivity index (χ0n) is 16.5. The minimum Gasteiger partial charge on any atom is -0.478 e. The number of nitrogens with zero attached hydrogens (tertiary/aromatic N) is 1. The molecule has 7 heteroatoms. The Kier molecular flexibility index (Phi) is 5.55. The molecule has 30 heavy (non-hydrogen) atoms. The largest absolute Gasteiger partial charge is 0.478 e. The number of aryl methyl sites for hydroxylation is 1. The number of benzene rings is 2. The van der Waals surface area contributed by atoms with E-state index in [9.17, 15) is 9.90 Å². The molecular formula is C23H24N4O2S. The van der Waals surface area contributed by atoms with Gasteiger partial charge in [0.1, 0.15) is 0 Å². The van der Waals surface area contributed by atoms with Crippen molar-refractivity contribution in [2.75, 3.05) is 11.9 Å². The number of aromatic carboxylic acids is 1. The molecule has 4 N–H and O–H groups in total. The fraction of sp³-hybridized carbons (Fsp3) is 0.217. The molecule has 0 radical (unpaired) electrons. The van der Waals surface area contributed by atoms with Crippen molar-refractivity contribution in [2.45, 2.75) is 35.0 Å². The maximum Gasteiger partial charge on any atom is 0.337 e. The van der Waals surface area contributed by atoms with Crippen LogP contribution in [0.15, 0.2) is 76.8 Å². The number of rotatable bonds is 6. The van der Waals surface area contributed by atoms with Crippen LogP contribution in [-0.2, 0) is 16.0 Å². The minimum atomic E-state index is -2.55. The Morgan fingerprint density at radius 2 is 1.93 bits per heavy atom. The highest BCUT2D eigenvalue weighted by Crippen LogP contribution is 2.35. The first kappa shape index (κ1) is 20.1. The molecule has 0 saturated carbocycles. The van der Waals surface area contributed by atoms with Crippen LogP contribution in [0.1, 0.15) is 40.2 Å². The Balaban J connectivity index is 1.58. The summed E-state index contributed by atoms with van der Waals surface area (Å²) in [6.07, 6.45) is 6.02. The van der Waals surface area contributed by atoms with Crippen LogP contribution in [0.4, 0.5) is 5.69 Å². The summed E-state index contributed by atoms with van der Waals surface area (Å²) in [7, 11) is -2.55. The van der Waals surface area contributed by atoms with E-state index in [0.29, 0.717) is 12.2 Å². The first-order chi connectivity index (χ1) is 14.5. The highest BCUT2D eigenvalue weighted by atomic mass is 32.2. The van der Waals surface area contributed by atoms with Gasteiger partial charge in [0.25, 0.3) is 0 Å². The van der Waals surface area contributed by atoms with Crippen molar-refractivity contribution in [1.82, 2.24) is 4.98 Å². The van der Waals surface area contributed by atoms with Gasteiger partial charge in [-0.25, -0.2) is 4.79 Å². The number of carboxylic acid groups (broad SMARTS) is 1. The number of nitrogens with one attached hydrogen (secondary N) is 3.